The van der Waals surface area contributed by atoms with E-state index in [1.165, 1.54) is 0 Å². The number of nitrogens with one attached hydrogen (secondary N) is 1. The normalized spacial score (nSPS) is 20.6. The van der Waals surface area contributed by atoms with Crippen LogP contribution in [-0.2, 0) is 6.54 Å². The van der Waals surface area contributed by atoms with Crippen LogP contribution < -0.4 is 5.32 Å². The second kappa shape index (κ2) is 5.50. The van der Waals surface area contributed by atoms with Crippen molar-refractivity contribution in [2.75, 3.05) is 19.6 Å². The largest absolute Gasteiger partial charge is 0.419 e. The molecule has 19 heavy (non-hydrogen) atoms. The first-order valence-corrected chi connectivity index (χ1v) is 6.65. The molecular formula is C14H18N4O. The summed E-state index contributed by atoms with van der Waals surface area (Å²) in [4.78, 5) is 2.34. The van der Waals surface area contributed by atoms with Crippen LogP contribution in [-0.4, -0.2) is 40.8 Å². The lowest BCUT2D eigenvalue weighted by atomic mass is 10.2. The van der Waals surface area contributed by atoms with E-state index in [1.54, 1.807) is 0 Å². The first-order valence-electron chi connectivity index (χ1n) is 6.65. The van der Waals surface area contributed by atoms with E-state index in [9.17, 15) is 0 Å². The molecule has 0 bridgehead atoms. The van der Waals surface area contributed by atoms with Gasteiger partial charge in [0.15, 0.2) is 0 Å². The zero-order chi connectivity index (χ0) is 13.1. The van der Waals surface area contributed by atoms with Crippen molar-refractivity contribution in [1.29, 1.82) is 0 Å². The summed E-state index contributed by atoms with van der Waals surface area (Å²) < 4.78 is 5.72. The number of hydrogen-bond acceptors (Lipinski definition) is 5. The van der Waals surface area contributed by atoms with Gasteiger partial charge in [-0.2, -0.15) is 0 Å². The van der Waals surface area contributed by atoms with Gasteiger partial charge in [0.05, 0.1) is 6.54 Å². The monoisotopic (exact) mass is 258 g/mol. The van der Waals surface area contributed by atoms with E-state index >= 15 is 0 Å². The van der Waals surface area contributed by atoms with Crippen molar-refractivity contribution < 1.29 is 4.42 Å². The van der Waals surface area contributed by atoms with Gasteiger partial charge in [-0.05, 0) is 19.1 Å². The summed E-state index contributed by atoms with van der Waals surface area (Å²) in [5.41, 5.74) is 0.968. The third kappa shape index (κ3) is 3.00. The maximum Gasteiger partial charge on any atom is 0.247 e. The van der Waals surface area contributed by atoms with Crippen LogP contribution in [0.3, 0.4) is 0 Å². The molecule has 1 aliphatic rings. The average Bonchev–Trinajstić information content (AvgIpc) is 2.88. The second-order valence-corrected chi connectivity index (χ2v) is 4.96. The average molecular weight is 258 g/mol. The highest BCUT2D eigenvalue weighted by Crippen LogP contribution is 2.17. The van der Waals surface area contributed by atoms with Crippen molar-refractivity contribution in [2.24, 2.45) is 0 Å². The fourth-order valence-electron chi connectivity index (χ4n) is 2.36. The molecule has 5 heteroatoms. The predicted molar refractivity (Wildman–Crippen MR) is 72.5 cm³/mol. The third-order valence-corrected chi connectivity index (χ3v) is 3.30. The van der Waals surface area contributed by atoms with Crippen molar-refractivity contribution in [2.45, 2.75) is 19.5 Å². The number of benzene rings is 1. The highest BCUT2D eigenvalue weighted by atomic mass is 16.4. The Labute approximate surface area is 112 Å². The van der Waals surface area contributed by atoms with Gasteiger partial charge in [-0.15, -0.1) is 10.2 Å². The molecule has 0 amide bonds. The van der Waals surface area contributed by atoms with Gasteiger partial charge in [-0.25, -0.2) is 0 Å². The zero-order valence-electron chi connectivity index (χ0n) is 11.0. The summed E-state index contributed by atoms with van der Waals surface area (Å²) in [5.74, 6) is 1.28. The standard InChI is InChI=1S/C14H18N4O/c1-11-9-18(8-7-15-11)10-13-16-17-14(19-13)12-5-3-2-4-6-12/h2-6,11,15H,7-10H2,1H3. The van der Waals surface area contributed by atoms with Crippen molar-refractivity contribution in [3.05, 3.63) is 36.2 Å². The summed E-state index contributed by atoms with van der Waals surface area (Å²) >= 11 is 0. The Kier molecular flexibility index (Phi) is 3.57. The van der Waals surface area contributed by atoms with Gasteiger partial charge in [0.25, 0.3) is 0 Å². The Hall–Kier alpha value is -1.72. The van der Waals surface area contributed by atoms with E-state index in [-0.39, 0.29) is 0 Å². The molecule has 1 unspecified atom stereocenters. The van der Waals surface area contributed by atoms with Gasteiger partial charge in [-0.1, -0.05) is 18.2 Å². The van der Waals surface area contributed by atoms with Crippen LogP contribution in [0.5, 0.6) is 0 Å². The Morgan fingerprint density at radius 1 is 1.32 bits per heavy atom. The summed E-state index contributed by atoms with van der Waals surface area (Å²) in [5, 5.41) is 11.7. The number of hydrogen-bond donors (Lipinski definition) is 1. The van der Waals surface area contributed by atoms with Crippen LogP contribution in [0.15, 0.2) is 34.7 Å². The van der Waals surface area contributed by atoms with E-state index in [1.807, 2.05) is 30.3 Å². The molecular weight excluding hydrogens is 240 g/mol. The molecule has 3 rings (SSSR count). The Morgan fingerprint density at radius 3 is 2.95 bits per heavy atom. The van der Waals surface area contributed by atoms with E-state index in [0.29, 0.717) is 17.8 Å². The Balaban J connectivity index is 1.68. The minimum absolute atomic E-state index is 0.519. The van der Waals surface area contributed by atoms with E-state index in [0.717, 1.165) is 31.7 Å². The molecule has 2 heterocycles. The summed E-state index contributed by atoms with van der Waals surface area (Å²) in [6.45, 7) is 5.97. The molecule has 0 aliphatic carbocycles. The first-order chi connectivity index (χ1) is 9.31. The van der Waals surface area contributed by atoms with Crippen molar-refractivity contribution in [3.63, 3.8) is 0 Å². The molecule has 0 spiro atoms. The minimum Gasteiger partial charge on any atom is -0.419 e. The quantitative estimate of drug-likeness (QED) is 0.905. The van der Waals surface area contributed by atoms with Gasteiger partial charge in [0, 0.05) is 31.2 Å². The molecule has 1 atom stereocenters. The fourth-order valence-corrected chi connectivity index (χ4v) is 2.36. The van der Waals surface area contributed by atoms with Gasteiger partial charge in [0.1, 0.15) is 0 Å². The predicted octanol–water partition coefficient (Wildman–Crippen LogP) is 1.53. The molecule has 1 aliphatic heterocycles. The zero-order valence-corrected chi connectivity index (χ0v) is 11.0. The van der Waals surface area contributed by atoms with Crippen molar-refractivity contribution in [1.82, 2.24) is 20.4 Å². The van der Waals surface area contributed by atoms with Crippen LogP contribution in [0.4, 0.5) is 0 Å². The lowest BCUT2D eigenvalue weighted by Gasteiger charge is -2.30. The van der Waals surface area contributed by atoms with Crippen molar-refractivity contribution >= 4 is 0 Å². The maximum absolute atomic E-state index is 5.72. The fraction of sp³-hybridized carbons (Fsp3) is 0.429. The number of nitrogens with zero attached hydrogens (tertiary/aromatic N) is 3. The highest BCUT2D eigenvalue weighted by Gasteiger charge is 2.18. The molecule has 1 N–H and O–H groups in total. The van der Waals surface area contributed by atoms with Gasteiger partial charge in [-0.3, -0.25) is 4.90 Å². The van der Waals surface area contributed by atoms with Crippen LogP contribution >= 0.6 is 0 Å². The van der Waals surface area contributed by atoms with Crippen LogP contribution in [0, 0.1) is 0 Å². The van der Waals surface area contributed by atoms with Gasteiger partial charge < -0.3 is 9.73 Å². The third-order valence-electron chi connectivity index (χ3n) is 3.30. The first kappa shape index (κ1) is 12.3. The molecule has 1 fully saturated rings. The molecule has 5 nitrogen and oxygen atoms in total. The maximum atomic E-state index is 5.72. The smallest absolute Gasteiger partial charge is 0.247 e. The lowest BCUT2D eigenvalue weighted by molar-refractivity contribution is 0.184. The van der Waals surface area contributed by atoms with Crippen LogP contribution in [0.2, 0.25) is 0 Å². The van der Waals surface area contributed by atoms with E-state index in [2.05, 4.69) is 27.3 Å². The molecule has 1 aromatic carbocycles. The number of piperazine rings is 1. The van der Waals surface area contributed by atoms with Gasteiger partial charge >= 0.3 is 0 Å². The molecule has 0 saturated carbocycles. The Bertz CT molecular complexity index is 525. The highest BCUT2D eigenvalue weighted by molar-refractivity contribution is 5.51. The minimum atomic E-state index is 0.519. The second-order valence-electron chi connectivity index (χ2n) is 4.96. The van der Waals surface area contributed by atoms with E-state index in [4.69, 9.17) is 4.42 Å². The summed E-state index contributed by atoms with van der Waals surface area (Å²) in [6, 6.07) is 10.4. The molecule has 0 radical (unpaired) electrons. The van der Waals surface area contributed by atoms with Gasteiger partial charge in [0.2, 0.25) is 11.8 Å². The summed E-state index contributed by atoms with van der Waals surface area (Å²) in [7, 11) is 0. The number of aromatic nitrogens is 2. The van der Waals surface area contributed by atoms with Crippen molar-refractivity contribution in [3.8, 4) is 11.5 Å². The molecule has 1 aromatic heterocycles. The van der Waals surface area contributed by atoms with Crippen LogP contribution in [0.1, 0.15) is 12.8 Å². The number of rotatable bonds is 3. The molecule has 100 valence electrons. The summed E-state index contributed by atoms with van der Waals surface area (Å²) in [6.07, 6.45) is 0. The van der Waals surface area contributed by atoms with Crippen LogP contribution in [0.25, 0.3) is 11.5 Å². The lowest BCUT2D eigenvalue weighted by Crippen LogP contribution is -2.48. The Morgan fingerprint density at radius 2 is 2.16 bits per heavy atom. The van der Waals surface area contributed by atoms with E-state index < -0.39 is 0 Å². The molecule has 1 saturated heterocycles. The SMILES string of the molecule is CC1CN(Cc2nnc(-c3ccccc3)o2)CCN1. The molecule has 2 aromatic rings. The topological polar surface area (TPSA) is 54.2 Å².